The Balaban J connectivity index is 1.38. The number of hydrogen-bond acceptors (Lipinski definition) is 6. The van der Waals surface area contributed by atoms with Gasteiger partial charge in [-0.15, -0.1) is 11.3 Å². The molecule has 0 aliphatic rings. The van der Waals surface area contributed by atoms with Crippen LogP contribution in [0.15, 0.2) is 69.2 Å². The summed E-state index contributed by atoms with van der Waals surface area (Å²) in [4.78, 5) is 27.9. The highest BCUT2D eigenvalue weighted by Crippen LogP contribution is 2.25. The maximum atomic E-state index is 12.2. The van der Waals surface area contributed by atoms with E-state index in [4.69, 9.17) is 9.15 Å². The topological polar surface area (TPSA) is 81.4 Å². The van der Waals surface area contributed by atoms with Gasteiger partial charge < -0.3 is 9.15 Å². The van der Waals surface area contributed by atoms with Crippen molar-refractivity contribution in [2.45, 2.75) is 6.92 Å². The molecule has 0 saturated carbocycles. The number of fused-ring (bicyclic) bond motifs is 1. The van der Waals surface area contributed by atoms with Gasteiger partial charge in [0.25, 0.3) is 5.91 Å². The normalized spacial score (nSPS) is 10.8. The van der Waals surface area contributed by atoms with E-state index in [1.54, 1.807) is 24.3 Å². The number of carbonyl (C=O) groups excluding carboxylic acids is 1. The van der Waals surface area contributed by atoms with Gasteiger partial charge in [-0.1, -0.05) is 29.8 Å². The fourth-order valence-electron chi connectivity index (χ4n) is 2.62. The number of carbonyl (C=O) groups is 1. The van der Waals surface area contributed by atoms with Crippen molar-refractivity contribution >= 4 is 33.3 Å². The van der Waals surface area contributed by atoms with Crippen molar-refractivity contribution in [3.05, 3.63) is 76.0 Å². The first-order chi connectivity index (χ1) is 13.6. The van der Waals surface area contributed by atoms with E-state index >= 15 is 0 Å². The molecule has 4 aromatic rings. The maximum absolute atomic E-state index is 12.2. The monoisotopic (exact) mass is 392 g/mol. The fourth-order valence-corrected chi connectivity index (χ4v) is 3.36. The van der Waals surface area contributed by atoms with Crippen molar-refractivity contribution in [3.8, 4) is 17.0 Å². The summed E-state index contributed by atoms with van der Waals surface area (Å²) in [6.45, 7) is 1.85. The molecule has 0 spiro atoms. The minimum absolute atomic E-state index is 0.179. The first-order valence-electron chi connectivity index (χ1n) is 8.56. The number of aromatic nitrogens is 1. The molecule has 0 saturated heterocycles. The van der Waals surface area contributed by atoms with Crippen LogP contribution in [0.1, 0.15) is 5.56 Å². The van der Waals surface area contributed by atoms with E-state index in [0.717, 1.165) is 16.6 Å². The second-order valence-corrected chi connectivity index (χ2v) is 7.05. The molecule has 28 heavy (non-hydrogen) atoms. The minimum Gasteiger partial charge on any atom is -0.484 e. The molecule has 1 N–H and O–H groups in total. The Bertz CT molecular complexity index is 1190. The van der Waals surface area contributed by atoms with Crippen LogP contribution in [0.3, 0.4) is 0 Å². The Labute approximate surface area is 164 Å². The van der Waals surface area contributed by atoms with Crippen LogP contribution in [0.5, 0.6) is 5.75 Å². The van der Waals surface area contributed by atoms with E-state index in [1.807, 2.05) is 36.6 Å². The van der Waals surface area contributed by atoms with Crippen LogP contribution >= 0.6 is 11.3 Å². The Morgan fingerprint density at radius 1 is 1.14 bits per heavy atom. The molecule has 0 fully saturated rings. The lowest BCUT2D eigenvalue weighted by Crippen LogP contribution is -2.20. The van der Waals surface area contributed by atoms with E-state index < -0.39 is 5.63 Å². The third-order valence-electron chi connectivity index (χ3n) is 4.06. The number of nitrogens with zero attached hydrogens (tertiary/aromatic N) is 1. The number of hydrogen-bond donors (Lipinski definition) is 1. The number of ether oxygens (including phenoxy) is 1. The number of anilines is 1. The highest BCUT2D eigenvalue weighted by atomic mass is 32.1. The van der Waals surface area contributed by atoms with Gasteiger partial charge in [0, 0.05) is 28.5 Å². The van der Waals surface area contributed by atoms with Gasteiger partial charge in [0.05, 0.1) is 5.69 Å². The third-order valence-corrected chi connectivity index (χ3v) is 4.82. The summed E-state index contributed by atoms with van der Waals surface area (Å²) in [5.74, 6) is 0.121. The van der Waals surface area contributed by atoms with Gasteiger partial charge in [0.15, 0.2) is 11.7 Å². The molecule has 2 aromatic heterocycles. The molecule has 0 bridgehead atoms. The summed E-state index contributed by atoms with van der Waals surface area (Å²) in [7, 11) is 0. The predicted molar refractivity (Wildman–Crippen MR) is 109 cm³/mol. The van der Waals surface area contributed by atoms with Crippen molar-refractivity contribution in [1.82, 2.24) is 4.98 Å². The van der Waals surface area contributed by atoms with E-state index in [9.17, 15) is 9.59 Å². The van der Waals surface area contributed by atoms with Gasteiger partial charge in [-0.05, 0) is 25.1 Å². The zero-order chi connectivity index (χ0) is 19.5. The SMILES string of the molecule is Cc1ccc(-c2csc(NC(=O)COc3ccc4ccc(=O)oc4c3)n2)cc1. The van der Waals surface area contributed by atoms with Crippen molar-refractivity contribution in [2.75, 3.05) is 11.9 Å². The number of aryl methyl sites for hydroxylation is 1. The molecule has 2 aromatic carbocycles. The molecule has 7 heteroatoms. The predicted octanol–water partition coefficient (Wildman–Crippen LogP) is 4.24. The van der Waals surface area contributed by atoms with Gasteiger partial charge in [-0.3, -0.25) is 10.1 Å². The number of thiazole rings is 1. The summed E-state index contributed by atoms with van der Waals surface area (Å²) in [5, 5.41) is 5.91. The first kappa shape index (κ1) is 17.9. The lowest BCUT2D eigenvalue weighted by atomic mass is 10.1. The molecular weight excluding hydrogens is 376 g/mol. The summed E-state index contributed by atoms with van der Waals surface area (Å²) >= 11 is 1.35. The average molecular weight is 392 g/mol. The summed E-state index contributed by atoms with van der Waals surface area (Å²) in [6.07, 6.45) is 0. The average Bonchev–Trinajstić information content (AvgIpc) is 3.15. The zero-order valence-corrected chi connectivity index (χ0v) is 15.8. The number of nitrogens with one attached hydrogen (secondary N) is 1. The molecule has 0 aliphatic heterocycles. The molecule has 0 radical (unpaired) electrons. The quantitative estimate of drug-likeness (QED) is 0.514. The van der Waals surface area contributed by atoms with E-state index in [-0.39, 0.29) is 12.5 Å². The Hall–Kier alpha value is -3.45. The maximum Gasteiger partial charge on any atom is 0.336 e. The van der Waals surface area contributed by atoms with Gasteiger partial charge in [0.1, 0.15) is 11.3 Å². The van der Waals surface area contributed by atoms with Gasteiger partial charge in [-0.2, -0.15) is 0 Å². The lowest BCUT2D eigenvalue weighted by Gasteiger charge is -2.06. The second-order valence-electron chi connectivity index (χ2n) is 6.19. The van der Waals surface area contributed by atoms with Crippen LogP contribution in [0, 0.1) is 6.92 Å². The van der Waals surface area contributed by atoms with Crippen molar-refractivity contribution in [1.29, 1.82) is 0 Å². The van der Waals surface area contributed by atoms with Gasteiger partial charge in [-0.25, -0.2) is 9.78 Å². The van der Waals surface area contributed by atoms with Gasteiger partial charge in [0.2, 0.25) is 0 Å². The zero-order valence-electron chi connectivity index (χ0n) is 15.0. The summed E-state index contributed by atoms with van der Waals surface area (Å²) in [6, 6.07) is 16.1. The summed E-state index contributed by atoms with van der Waals surface area (Å²) < 4.78 is 10.6. The molecule has 0 atom stereocenters. The molecule has 4 rings (SSSR count). The van der Waals surface area contributed by atoms with Crippen molar-refractivity contribution < 1.29 is 13.9 Å². The van der Waals surface area contributed by atoms with Crippen LogP contribution in [-0.4, -0.2) is 17.5 Å². The molecule has 140 valence electrons. The minimum atomic E-state index is -0.435. The van der Waals surface area contributed by atoms with Crippen LogP contribution in [0.2, 0.25) is 0 Å². The summed E-state index contributed by atoms with van der Waals surface area (Å²) in [5.41, 5.74) is 2.96. The first-order valence-corrected chi connectivity index (χ1v) is 9.44. The highest BCUT2D eigenvalue weighted by Gasteiger charge is 2.09. The largest absolute Gasteiger partial charge is 0.484 e. The second kappa shape index (κ2) is 7.66. The standard InChI is InChI=1S/C21H16N2O4S/c1-13-2-4-14(5-3-13)17-12-28-21(22-17)23-19(24)11-26-16-8-6-15-7-9-20(25)27-18(15)10-16/h2-10,12H,11H2,1H3,(H,22,23,24). The smallest absolute Gasteiger partial charge is 0.336 e. The van der Waals surface area contributed by atoms with E-state index in [0.29, 0.717) is 16.5 Å². The van der Waals surface area contributed by atoms with Crippen molar-refractivity contribution in [2.24, 2.45) is 0 Å². The van der Waals surface area contributed by atoms with Crippen LogP contribution in [-0.2, 0) is 4.79 Å². The fraction of sp³-hybridized carbons (Fsp3) is 0.0952. The molecule has 2 heterocycles. The van der Waals surface area contributed by atoms with Crippen molar-refractivity contribution in [3.63, 3.8) is 0 Å². The number of rotatable bonds is 5. The number of amides is 1. The molecule has 0 aliphatic carbocycles. The Morgan fingerprint density at radius 2 is 1.93 bits per heavy atom. The Morgan fingerprint density at radius 3 is 2.75 bits per heavy atom. The number of benzene rings is 2. The van der Waals surface area contributed by atoms with Crippen LogP contribution < -0.4 is 15.7 Å². The molecular formula is C21H16N2O4S. The third kappa shape index (κ3) is 4.10. The molecule has 0 unspecified atom stereocenters. The van der Waals surface area contributed by atoms with Crippen LogP contribution in [0.25, 0.3) is 22.2 Å². The van der Waals surface area contributed by atoms with Gasteiger partial charge >= 0.3 is 5.63 Å². The Kier molecular flexibility index (Phi) is 4.90. The van der Waals surface area contributed by atoms with E-state index in [2.05, 4.69) is 10.3 Å². The van der Waals surface area contributed by atoms with Crippen LogP contribution in [0.4, 0.5) is 5.13 Å². The lowest BCUT2D eigenvalue weighted by molar-refractivity contribution is -0.118. The molecule has 1 amide bonds. The molecule has 6 nitrogen and oxygen atoms in total. The van der Waals surface area contributed by atoms with E-state index in [1.165, 1.54) is 23.0 Å². The highest BCUT2D eigenvalue weighted by molar-refractivity contribution is 7.14.